The second-order valence-electron chi connectivity index (χ2n) is 7.75. The Bertz CT molecular complexity index is 1010. The van der Waals surface area contributed by atoms with Crippen LogP contribution < -0.4 is 10.6 Å². The number of anilines is 2. The molecule has 164 valence electrons. The minimum Gasteiger partial charge on any atom is -0.508 e. The molecule has 0 aromatic heterocycles. The fourth-order valence-corrected chi connectivity index (χ4v) is 3.29. The first-order chi connectivity index (χ1) is 14.8. The average molecular weight is 419 g/mol. The maximum Gasteiger partial charge on any atom is 0.228 e. The predicted molar refractivity (Wildman–Crippen MR) is 132 cm³/mol. The number of phenols is 1. The third-order valence-corrected chi connectivity index (χ3v) is 4.81. The van der Waals surface area contributed by atoms with E-state index in [9.17, 15) is 9.90 Å². The van der Waals surface area contributed by atoms with Gasteiger partial charge in [0.1, 0.15) is 5.75 Å². The molecule has 0 fully saturated rings. The smallest absolute Gasteiger partial charge is 0.228 e. The number of carbonyl (C=O) groups excluding carboxylic acids is 1. The van der Waals surface area contributed by atoms with Gasteiger partial charge >= 0.3 is 0 Å². The molecule has 0 aliphatic carbocycles. The molecule has 4 nitrogen and oxygen atoms in total. The van der Waals surface area contributed by atoms with E-state index in [1.54, 1.807) is 24.3 Å². The highest BCUT2D eigenvalue weighted by molar-refractivity contribution is 5.93. The molecule has 0 heterocycles. The Hall–Kier alpha value is -3.27. The second-order valence-corrected chi connectivity index (χ2v) is 7.75. The Morgan fingerprint density at radius 3 is 1.84 bits per heavy atom. The van der Waals surface area contributed by atoms with E-state index in [2.05, 4.69) is 55.7 Å². The van der Waals surface area contributed by atoms with Gasteiger partial charge in [0.15, 0.2) is 0 Å². The van der Waals surface area contributed by atoms with Crippen molar-refractivity contribution in [1.29, 1.82) is 0 Å². The first-order valence-corrected chi connectivity index (χ1v) is 10.9. The van der Waals surface area contributed by atoms with Crippen molar-refractivity contribution in [3.63, 3.8) is 0 Å². The molecule has 3 N–H and O–H groups in total. The fourth-order valence-electron chi connectivity index (χ4n) is 3.29. The van der Waals surface area contributed by atoms with Gasteiger partial charge in [0.2, 0.25) is 5.91 Å². The molecule has 0 bridgehead atoms. The van der Waals surface area contributed by atoms with Crippen LogP contribution >= 0.6 is 0 Å². The molecular formula is C27H34N2O2. The van der Waals surface area contributed by atoms with Crippen LogP contribution in [0.2, 0.25) is 0 Å². The van der Waals surface area contributed by atoms with Crippen molar-refractivity contribution in [3.05, 3.63) is 77.4 Å². The summed E-state index contributed by atoms with van der Waals surface area (Å²) in [7, 11) is 0. The molecule has 0 aliphatic rings. The maximum atomic E-state index is 12.4. The van der Waals surface area contributed by atoms with Crippen LogP contribution in [-0.2, 0) is 11.2 Å². The second kappa shape index (κ2) is 11.2. The molecule has 0 unspecified atom stereocenters. The number of nitrogens with one attached hydrogen (secondary N) is 2. The topological polar surface area (TPSA) is 61.4 Å². The Labute approximate surface area is 186 Å². The van der Waals surface area contributed by atoms with Crippen LogP contribution in [0, 0.1) is 13.8 Å². The van der Waals surface area contributed by atoms with Gasteiger partial charge in [0.05, 0.1) is 6.42 Å². The average Bonchev–Trinajstić information content (AvgIpc) is 2.74. The lowest BCUT2D eigenvalue weighted by Crippen LogP contribution is -2.15. The maximum absolute atomic E-state index is 12.4. The molecule has 3 rings (SSSR count). The highest BCUT2D eigenvalue weighted by Gasteiger charge is 2.09. The zero-order chi connectivity index (χ0) is 23.0. The SMILES string of the molecule is CC.Cc1cc(-c2ccc(NC(C)C)c(C)c2)ccc1NC(=O)Cc1ccc(O)cc1. The quantitative estimate of drug-likeness (QED) is 0.417. The summed E-state index contributed by atoms with van der Waals surface area (Å²) in [6.07, 6.45) is 0.269. The molecule has 0 radical (unpaired) electrons. The Kier molecular flexibility index (Phi) is 8.68. The molecular weight excluding hydrogens is 384 g/mol. The Morgan fingerprint density at radius 2 is 1.35 bits per heavy atom. The van der Waals surface area contributed by atoms with Crippen molar-refractivity contribution in [2.45, 2.75) is 54.0 Å². The van der Waals surface area contributed by atoms with Gasteiger partial charge in [-0.05, 0) is 91.9 Å². The lowest BCUT2D eigenvalue weighted by atomic mass is 9.99. The summed E-state index contributed by atoms with van der Waals surface area (Å²) in [4.78, 5) is 12.4. The van der Waals surface area contributed by atoms with Gasteiger partial charge < -0.3 is 15.7 Å². The molecule has 3 aromatic rings. The van der Waals surface area contributed by atoms with Gasteiger partial charge in [-0.1, -0.05) is 38.1 Å². The zero-order valence-corrected chi connectivity index (χ0v) is 19.4. The van der Waals surface area contributed by atoms with E-state index < -0.39 is 0 Å². The van der Waals surface area contributed by atoms with Crippen molar-refractivity contribution in [1.82, 2.24) is 0 Å². The van der Waals surface area contributed by atoms with Crippen LogP contribution in [0.3, 0.4) is 0 Å². The van der Waals surface area contributed by atoms with Gasteiger partial charge in [-0.3, -0.25) is 4.79 Å². The first-order valence-electron chi connectivity index (χ1n) is 10.9. The number of aromatic hydroxyl groups is 1. The van der Waals surface area contributed by atoms with E-state index in [1.807, 2.05) is 32.9 Å². The normalized spacial score (nSPS) is 10.3. The van der Waals surface area contributed by atoms with Crippen molar-refractivity contribution >= 4 is 17.3 Å². The molecule has 0 aliphatic heterocycles. The number of carbonyl (C=O) groups is 1. The minimum atomic E-state index is -0.0773. The third-order valence-electron chi connectivity index (χ3n) is 4.81. The predicted octanol–water partition coefficient (Wildman–Crippen LogP) is 6.70. The van der Waals surface area contributed by atoms with Crippen LogP contribution in [0.15, 0.2) is 60.7 Å². The summed E-state index contributed by atoms with van der Waals surface area (Å²) in [5.41, 5.74) is 7.33. The molecule has 0 spiro atoms. The van der Waals surface area contributed by atoms with E-state index in [0.29, 0.717) is 6.04 Å². The van der Waals surface area contributed by atoms with Crippen LogP contribution in [0.1, 0.15) is 44.4 Å². The van der Waals surface area contributed by atoms with E-state index in [-0.39, 0.29) is 18.1 Å². The zero-order valence-electron chi connectivity index (χ0n) is 19.4. The summed E-state index contributed by atoms with van der Waals surface area (Å²) in [6, 6.07) is 19.6. The number of amides is 1. The third kappa shape index (κ3) is 6.88. The monoisotopic (exact) mass is 418 g/mol. The summed E-state index contributed by atoms with van der Waals surface area (Å²) in [5.74, 6) is 0.121. The number of benzene rings is 3. The summed E-state index contributed by atoms with van der Waals surface area (Å²) < 4.78 is 0. The van der Waals surface area contributed by atoms with Gasteiger partial charge in [0.25, 0.3) is 0 Å². The van der Waals surface area contributed by atoms with Crippen LogP contribution in [0.25, 0.3) is 11.1 Å². The molecule has 0 saturated heterocycles. The molecule has 4 heteroatoms. The number of aryl methyl sites for hydroxylation is 2. The highest BCUT2D eigenvalue weighted by Crippen LogP contribution is 2.28. The van der Waals surface area contributed by atoms with Crippen molar-refractivity contribution < 1.29 is 9.90 Å². The largest absolute Gasteiger partial charge is 0.508 e. The summed E-state index contributed by atoms with van der Waals surface area (Å²) >= 11 is 0. The van der Waals surface area contributed by atoms with E-state index >= 15 is 0 Å². The van der Waals surface area contributed by atoms with Gasteiger partial charge in [-0.2, -0.15) is 0 Å². The first kappa shape index (κ1) is 24.0. The Morgan fingerprint density at radius 1 is 0.839 bits per heavy atom. The molecule has 1 amide bonds. The standard InChI is InChI=1S/C25H28N2O2.C2H6/c1-16(2)26-23-11-7-20(13-17(23)3)21-8-12-24(18(4)14-21)27-25(29)15-19-5-9-22(28)10-6-19;1-2/h5-14,16,26,28H,15H2,1-4H3,(H,27,29);1-2H3. The molecule has 0 saturated carbocycles. The number of hydrogen-bond donors (Lipinski definition) is 3. The fraction of sp³-hybridized carbons (Fsp3) is 0.296. The Balaban J connectivity index is 0.00000166. The molecule has 3 aromatic carbocycles. The van der Waals surface area contributed by atoms with Crippen LogP contribution in [0.5, 0.6) is 5.75 Å². The highest BCUT2D eigenvalue weighted by atomic mass is 16.3. The van der Waals surface area contributed by atoms with E-state index in [0.717, 1.165) is 33.6 Å². The van der Waals surface area contributed by atoms with Gasteiger partial charge in [-0.15, -0.1) is 0 Å². The molecule has 0 atom stereocenters. The van der Waals surface area contributed by atoms with Crippen molar-refractivity contribution in [3.8, 4) is 16.9 Å². The van der Waals surface area contributed by atoms with Crippen LogP contribution in [-0.4, -0.2) is 17.1 Å². The van der Waals surface area contributed by atoms with Crippen molar-refractivity contribution in [2.24, 2.45) is 0 Å². The number of rotatable bonds is 6. The van der Waals surface area contributed by atoms with Gasteiger partial charge in [0, 0.05) is 17.4 Å². The molecule has 31 heavy (non-hydrogen) atoms. The van der Waals surface area contributed by atoms with E-state index in [1.165, 1.54) is 5.56 Å². The summed E-state index contributed by atoms with van der Waals surface area (Å²) in [5, 5.41) is 15.8. The van der Waals surface area contributed by atoms with Crippen LogP contribution in [0.4, 0.5) is 11.4 Å². The lowest BCUT2D eigenvalue weighted by Gasteiger charge is -2.15. The van der Waals surface area contributed by atoms with E-state index in [4.69, 9.17) is 0 Å². The lowest BCUT2D eigenvalue weighted by molar-refractivity contribution is -0.115. The summed E-state index contributed by atoms with van der Waals surface area (Å²) in [6.45, 7) is 12.4. The number of hydrogen-bond acceptors (Lipinski definition) is 3. The minimum absolute atomic E-state index is 0.0773. The number of phenolic OH excluding ortho intramolecular Hbond substituents is 1. The van der Waals surface area contributed by atoms with Crippen molar-refractivity contribution in [2.75, 3.05) is 10.6 Å². The van der Waals surface area contributed by atoms with Gasteiger partial charge in [-0.25, -0.2) is 0 Å².